The summed E-state index contributed by atoms with van der Waals surface area (Å²) in [6, 6.07) is 11.5. The number of rotatable bonds is 4. The highest BCUT2D eigenvalue weighted by molar-refractivity contribution is 5.96. The summed E-state index contributed by atoms with van der Waals surface area (Å²) < 4.78 is 0. The predicted octanol–water partition coefficient (Wildman–Crippen LogP) is 4.58. The van der Waals surface area contributed by atoms with Gasteiger partial charge in [0.2, 0.25) is 0 Å². The Balaban J connectivity index is 0.000000956. The maximum absolute atomic E-state index is 7.54. The largest absolute Gasteiger partial charge is 0.355 e. The molecule has 0 saturated carbocycles. The average Bonchev–Trinajstić information content (AvgIpc) is 2.50. The van der Waals surface area contributed by atoms with Crippen molar-refractivity contribution >= 4 is 17.1 Å². The average molecular weight is 267 g/mol. The van der Waals surface area contributed by atoms with E-state index in [1.54, 1.807) is 19.3 Å². The minimum atomic E-state index is 0.563. The molecule has 3 heteroatoms. The van der Waals surface area contributed by atoms with Crippen LogP contribution in [0.5, 0.6) is 0 Å². The molecular formula is C17H21N3. The highest BCUT2D eigenvalue weighted by Gasteiger charge is 2.00. The number of benzene rings is 1. The molecule has 104 valence electrons. The van der Waals surface area contributed by atoms with Crippen LogP contribution in [0.25, 0.3) is 5.70 Å². The molecule has 0 atom stereocenters. The first-order chi connectivity index (χ1) is 9.66. The molecule has 1 heterocycles. The van der Waals surface area contributed by atoms with Gasteiger partial charge in [-0.25, -0.2) is 0 Å². The lowest BCUT2D eigenvalue weighted by Gasteiger charge is -2.09. The minimum Gasteiger partial charge on any atom is -0.355 e. The summed E-state index contributed by atoms with van der Waals surface area (Å²) in [6.45, 7) is 9.76. The second-order valence-corrected chi connectivity index (χ2v) is 4.05. The SMILES string of the molecule is C=C(Nc1ccc(C(C)=N)cc1)c1cccnc1.CC. The zero-order valence-electron chi connectivity index (χ0n) is 12.3. The Bertz CT molecular complexity index is 557. The number of pyridine rings is 1. The number of nitrogens with one attached hydrogen (secondary N) is 2. The third-order valence-corrected chi connectivity index (χ3v) is 2.62. The van der Waals surface area contributed by atoms with Crippen LogP contribution in [0, 0.1) is 5.41 Å². The predicted molar refractivity (Wildman–Crippen MR) is 87.2 cm³/mol. The van der Waals surface area contributed by atoms with Gasteiger partial charge in [-0.1, -0.05) is 32.6 Å². The van der Waals surface area contributed by atoms with Crippen LogP contribution in [0.4, 0.5) is 5.69 Å². The quantitative estimate of drug-likeness (QED) is 0.797. The molecule has 0 amide bonds. The highest BCUT2D eigenvalue weighted by Crippen LogP contribution is 2.16. The number of hydrogen-bond donors (Lipinski definition) is 2. The topological polar surface area (TPSA) is 48.8 Å². The second-order valence-electron chi connectivity index (χ2n) is 4.05. The fraction of sp³-hybridized carbons (Fsp3) is 0.176. The first-order valence-electron chi connectivity index (χ1n) is 6.69. The normalized spacial score (nSPS) is 9.15. The summed E-state index contributed by atoms with van der Waals surface area (Å²) >= 11 is 0. The first kappa shape index (κ1) is 15.6. The van der Waals surface area contributed by atoms with Gasteiger partial charge in [0.05, 0.1) is 0 Å². The third kappa shape index (κ3) is 4.35. The van der Waals surface area contributed by atoms with Gasteiger partial charge in [-0.15, -0.1) is 0 Å². The van der Waals surface area contributed by atoms with Crippen LogP contribution in [0.3, 0.4) is 0 Å². The van der Waals surface area contributed by atoms with E-state index in [1.807, 2.05) is 50.2 Å². The van der Waals surface area contributed by atoms with Gasteiger partial charge < -0.3 is 10.7 Å². The monoisotopic (exact) mass is 267 g/mol. The van der Waals surface area contributed by atoms with E-state index >= 15 is 0 Å². The lowest BCUT2D eigenvalue weighted by Crippen LogP contribution is -1.98. The van der Waals surface area contributed by atoms with Crippen LogP contribution in [0.2, 0.25) is 0 Å². The summed E-state index contributed by atoms with van der Waals surface area (Å²) in [7, 11) is 0. The molecule has 0 radical (unpaired) electrons. The molecule has 0 aliphatic rings. The van der Waals surface area contributed by atoms with Gasteiger partial charge >= 0.3 is 0 Å². The zero-order chi connectivity index (χ0) is 15.0. The molecule has 0 aliphatic carbocycles. The van der Waals surface area contributed by atoms with E-state index in [4.69, 9.17) is 5.41 Å². The van der Waals surface area contributed by atoms with E-state index < -0.39 is 0 Å². The lowest BCUT2D eigenvalue weighted by atomic mass is 10.1. The van der Waals surface area contributed by atoms with Crippen LogP contribution in [-0.4, -0.2) is 10.7 Å². The first-order valence-corrected chi connectivity index (χ1v) is 6.69. The highest BCUT2D eigenvalue weighted by atomic mass is 14.9. The van der Waals surface area contributed by atoms with Crippen molar-refractivity contribution in [3.05, 3.63) is 66.5 Å². The van der Waals surface area contributed by atoms with Gasteiger partial charge in [0, 0.05) is 35.1 Å². The summed E-state index contributed by atoms with van der Waals surface area (Å²) in [5, 5.41) is 10.8. The van der Waals surface area contributed by atoms with Crippen LogP contribution in [0.15, 0.2) is 55.4 Å². The van der Waals surface area contributed by atoms with Crippen LogP contribution in [0.1, 0.15) is 31.9 Å². The van der Waals surface area contributed by atoms with Crippen molar-refractivity contribution in [3.63, 3.8) is 0 Å². The van der Waals surface area contributed by atoms with Crippen molar-refractivity contribution in [1.82, 2.24) is 4.98 Å². The number of nitrogens with zero attached hydrogens (tertiary/aromatic N) is 1. The van der Waals surface area contributed by atoms with E-state index in [1.165, 1.54) is 0 Å². The number of hydrogen-bond acceptors (Lipinski definition) is 3. The molecular weight excluding hydrogens is 246 g/mol. The molecule has 0 spiro atoms. The molecule has 3 nitrogen and oxygen atoms in total. The summed E-state index contributed by atoms with van der Waals surface area (Å²) in [4.78, 5) is 4.06. The Morgan fingerprint density at radius 3 is 2.25 bits per heavy atom. The van der Waals surface area contributed by atoms with Crippen molar-refractivity contribution in [2.75, 3.05) is 5.32 Å². The van der Waals surface area contributed by atoms with Gasteiger partial charge in [0.1, 0.15) is 0 Å². The fourth-order valence-corrected chi connectivity index (χ4v) is 1.59. The Kier molecular flexibility index (Phi) is 6.17. The molecule has 2 N–H and O–H groups in total. The molecule has 0 saturated heterocycles. The number of anilines is 1. The standard InChI is InChI=1S/C15H15N3.C2H6/c1-11(16)13-5-7-15(8-6-13)18-12(2)14-4-3-9-17-10-14;1-2/h3-10,16,18H,2H2,1H3;1-2H3. The summed E-state index contributed by atoms with van der Waals surface area (Å²) in [5.41, 5.74) is 4.21. The molecule has 0 unspecified atom stereocenters. The molecule has 20 heavy (non-hydrogen) atoms. The van der Waals surface area contributed by atoms with Gasteiger partial charge in [0.15, 0.2) is 0 Å². The molecule has 2 aromatic rings. The summed E-state index contributed by atoms with van der Waals surface area (Å²) in [6.07, 6.45) is 3.50. The maximum atomic E-state index is 7.54. The van der Waals surface area contributed by atoms with Crippen molar-refractivity contribution in [2.45, 2.75) is 20.8 Å². The maximum Gasteiger partial charge on any atom is 0.0400 e. The third-order valence-electron chi connectivity index (χ3n) is 2.62. The molecule has 1 aromatic carbocycles. The van der Waals surface area contributed by atoms with Crippen LogP contribution in [-0.2, 0) is 0 Å². The van der Waals surface area contributed by atoms with E-state index in [0.29, 0.717) is 5.71 Å². The Morgan fingerprint density at radius 1 is 1.10 bits per heavy atom. The van der Waals surface area contributed by atoms with E-state index in [2.05, 4.69) is 16.9 Å². The van der Waals surface area contributed by atoms with Crippen LogP contribution < -0.4 is 5.32 Å². The summed E-state index contributed by atoms with van der Waals surface area (Å²) in [5.74, 6) is 0. The van der Waals surface area contributed by atoms with E-state index in [-0.39, 0.29) is 0 Å². The molecule has 1 aromatic heterocycles. The van der Waals surface area contributed by atoms with Crippen molar-refractivity contribution in [3.8, 4) is 0 Å². The second kappa shape index (κ2) is 7.89. The smallest absolute Gasteiger partial charge is 0.0400 e. The van der Waals surface area contributed by atoms with Gasteiger partial charge in [-0.2, -0.15) is 0 Å². The lowest BCUT2D eigenvalue weighted by molar-refractivity contribution is 1.31. The van der Waals surface area contributed by atoms with Crippen LogP contribution >= 0.6 is 0 Å². The van der Waals surface area contributed by atoms with Crippen molar-refractivity contribution < 1.29 is 0 Å². The van der Waals surface area contributed by atoms with Gasteiger partial charge in [-0.05, 0) is 36.8 Å². The van der Waals surface area contributed by atoms with Gasteiger partial charge in [-0.3, -0.25) is 4.98 Å². The fourth-order valence-electron chi connectivity index (χ4n) is 1.59. The Morgan fingerprint density at radius 2 is 1.75 bits per heavy atom. The van der Waals surface area contributed by atoms with Gasteiger partial charge in [0.25, 0.3) is 0 Å². The zero-order valence-corrected chi connectivity index (χ0v) is 12.3. The van der Waals surface area contributed by atoms with Crippen molar-refractivity contribution in [1.29, 1.82) is 5.41 Å². The Hall–Kier alpha value is -2.42. The minimum absolute atomic E-state index is 0.563. The molecule has 0 fully saturated rings. The van der Waals surface area contributed by atoms with E-state index in [0.717, 1.165) is 22.5 Å². The number of aromatic nitrogens is 1. The van der Waals surface area contributed by atoms with Crippen molar-refractivity contribution in [2.24, 2.45) is 0 Å². The molecule has 0 aliphatic heterocycles. The van der Waals surface area contributed by atoms with E-state index in [9.17, 15) is 0 Å². The molecule has 0 bridgehead atoms. The Labute approximate surface area is 120 Å². The molecule has 2 rings (SSSR count).